The zero-order valence-electron chi connectivity index (χ0n) is 7.43. The fourth-order valence-corrected chi connectivity index (χ4v) is 3.52. The van der Waals surface area contributed by atoms with Crippen molar-refractivity contribution in [1.29, 1.82) is 0 Å². The zero-order valence-corrected chi connectivity index (χ0v) is 8.59. The van der Waals surface area contributed by atoms with Gasteiger partial charge in [0, 0.05) is 0 Å². The van der Waals surface area contributed by atoms with Crippen LogP contribution in [0, 0.1) is 0 Å². The molecule has 1 atom stereocenters. The van der Waals surface area contributed by atoms with E-state index in [0.29, 0.717) is 5.54 Å². The molecule has 0 aliphatic rings. The van der Waals surface area contributed by atoms with Gasteiger partial charge in [-0.05, 0) is 11.6 Å². The van der Waals surface area contributed by atoms with Crippen molar-refractivity contribution in [2.24, 2.45) is 0 Å². The lowest BCUT2D eigenvalue weighted by atomic mass is 10.3. The van der Waals surface area contributed by atoms with E-state index in [2.05, 4.69) is 20.8 Å². The smallest absolute Gasteiger partial charge is 0.175 e. The summed E-state index contributed by atoms with van der Waals surface area (Å²) < 4.78 is 0. The predicted octanol–water partition coefficient (Wildman–Crippen LogP) is 2.30. The quantitative estimate of drug-likeness (QED) is 0.612. The summed E-state index contributed by atoms with van der Waals surface area (Å²) in [5.74, 6) is 0. The van der Waals surface area contributed by atoms with Crippen LogP contribution in [-0.4, -0.2) is 13.8 Å². The number of rotatable bonds is 5. The molecule has 0 fully saturated rings. The maximum absolute atomic E-state index is 9.65. The average molecular weight is 160 g/mol. The third kappa shape index (κ3) is 3.37. The van der Waals surface area contributed by atoms with Crippen LogP contribution < -0.4 is 0 Å². The van der Waals surface area contributed by atoms with Crippen LogP contribution in [0.5, 0.6) is 0 Å². The van der Waals surface area contributed by atoms with Crippen molar-refractivity contribution in [3.05, 3.63) is 0 Å². The lowest BCUT2D eigenvalue weighted by Gasteiger charge is -2.16. The van der Waals surface area contributed by atoms with Crippen LogP contribution >= 0.6 is 0 Å². The van der Waals surface area contributed by atoms with Gasteiger partial charge in [0.2, 0.25) is 0 Å². The maximum Gasteiger partial charge on any atom is 0.175 e. The van der Waals surface area contributed by atoms with Gasteiger partial charge in [0.1, 0.15) is 0 Å². The van der Waals surface area contributed by atoms with Gasteiger partial charge in [0.05, 0.1) is 0 Å². The van der Waals surface area contributed by atoms with E-state index in [-0.39, 0.29) is 0 Å². The summed E-state index contributed by atoms with van der Waals surface area (Å²) in [4.78, 5) is 9.65. The van der Waals surface area contributed by atoms with Gasteiger partial charge in [0.25, 0.3) is 0 Å². The summed E-state index contributed by atoms with van der Waals surface area (Å²) in [6, 6.07) is 1.10. The highest BCUT2D eigenvalue weighted by molar-refractivity contribution is 6.52. The van der Waals surface area contributed by atoms with E-state index in [4.69, 9.17) is 0 Å². The Kier molecular flexibility index (Phi) is 6.03. The van der Waals surface area contributed by atoms with Crippen LogP contribution in [-0.2, 0) is 0 Å². The lowest BCUT2D eigenvalue weighted by molar-refractivity contribution is 0.524. The first-order valence-corrected chi connectivity index (χ1v) is 6.44. The van der Waals surface area contributed by atoms with Crippen molar-refractivity contribution >= 4 is 9.04 Å². The van der Waals surface area contributed by atoms with Crippen molar-refractivity contribution in [3.63, 3.8) is 0 Å². The predicted molar refractivity (Wildman–Crippen MR) is 48.8 cm³/mol. The van der Waals surface area contributed by atoms with Crippen molar-refractivity contribution < 1.29 is 4.80 Å². The van der Waals surface area contributed by atoms with E-state index in [1.807, 2.05) is 0 Å². The Morgan fingerprint density at radius 1 is 1.20 bits per heavy atom. The van der Waals surface area contributed by atoms with Crippen LogP contribution in [0.1, 0.15) is 40.0 Å². The van der Waals surface area contributed by atoms with Gasteiger partial charge in [-0.3, -0.25) is 0 Å². The summed E-state index contributed by atoms with van der Waals surface area (Å²) in [5.41, 5.74) is 0.667. The molecule has 0 saturated heterocycles. The third-order valence-corrected chi connectivity index (χ3v) is 5.38. The molecule has 1 nitrogen and oxygen atoms in total. The third-order valence-electron chi connectivity index (χ3n) is 2.18. The van der Waals surface area contributed by atoms with Crippen LogP contribution in [0.4, 0.5) is 0 Å². The molecule has 0 heterocycles. The van der Waals surface area contributed by atoms with Crippen LogP contribution in [0.25, 0.3) is 0 Å². The summed E-state index contributed by atoms with van der Waals surface area (Å²) >= 11 is 0. The van der Waals surface area contributed by atoms with Gasteiger partial charge in [-0.15, -0.1) is 0 Å². The normalized spacial score (nSPS) is 14.1. The molecular formula is C8H20OSi. The molecule has 0 aromatic carbocycles. The van der Waals surface area contributed by atoms with Gasteiger partial charge in [-0.25, -0.2) is 0 Å². The topological polar surface area (TPSA) is 20.2 Å². The first-order valence-electron chi connectivity index (χ1n) is 4.44. The molecule has 0 aromatic heterocycles. The van der Waals surface area contributed by atoms with Gasteiger partial charge in [-0.1, -0.05) is 40.0 Å². The molecule has 62 valence electrons. The average Bonchev–Trinajstić information content (AvgIpc) is 1.91. The first-order chi connectivity index (χ1) is 4.76. The molecule has 0 aliphatic carbocycles. The SMILES string of the molecule is CCC[SiH](O)C(CC)CC. The molecule has 0 radical (unpaired) electrons. The summed E-state index contributed by atoms with van der Waals surface area (Å²) in [6.07, 6.45) is 3.50. The highest BCUT2D eigenvalue weighted by Gasteiger charge is 2.15. The minimum Gasteiger partial charge on any atom is -0.434 e. The largest absolute Gasteiger partial charge is 0.434 e. The summed E-state index contributed by atoms with van der Waals surface area (Å²) in [5, 5.41) is 0. The molecule has 0 amide bonds. The van der Waals surface area contributed by atoms with Crippen LogP contribution in [0.3, 0.4) is 0 Å². The van der Waals surface area contributed by atoms with E-state index in [9.17, 15) is 4.80 Å². The Bertz CT molecular complexity index is 71.7. The second kappa shape index (κ2) is 5.92. The van der Waals surface area contributed by atoms with Crippen molar-refractivity contribution in [1.82, 2.24) is 0 Å². The fourth-order valence-electron chi connectivity index (χ4n) is 1.36. The van der Waals surface area contributed by atoms with Gasteiger partial charge >= 0.3 is 0 Å². The molecule has 0 saturated carbocycles. The Balaban J connectivity index is 3.53. The van der Waals surface area contributed by atoms with E-state index >= 15 is 0 Å². The second-order valence-electron chi connectivity index (χ2n) is 2.93. The van der Waals surface area contributed by atoms with E-state index in [1.165, 1.54) is 12.8 Å². The van der Waals surface area contributed by atoms with E-state index < -0.39 is 9.04 Å². The van der Waals surface area contributed by atoms with E-state index in [1.54, 1.807) is 0 Å². The molecule has 0 aromatic rings. The standard InChI is InChI=1S/C8H20OSi/c1-4-7-10(9)8(5-2)6-3/h8-10H,4-7H2,1-3H3. The Hall–Kier alpha value is 0.177. The van der Waals surface area contributed by atoms with E-state index in [0.717, 1.165) is 12.5 Å². The molecule has 2 heteroatoms. The molecule has 0 bridgehead atoms. The van der Waals surface area contributed by atoms with Crippen LogP contribution in [0.15, 0.2) is 0 Å². The Morgan fingerprint density at radius 3 is 2.00 bits per heavy atom. The summed E-state index contributed by atoms with van der Waals surface area (Å²) in [7, 11) is -1.32. The van der Waals surface area contributed by atoms with Crippen molar-refractivity contribution in [3.8, 4) is 0 Å². The number of hydrogen-bond donors (Lipinski definition) is 1. The fraction of sp³-hybridized carbons (Fsp3) is 1.00. The van der Waals surface area contributed by atoms with Crippen molar-refractivity contribution in [2.75, 3.05) is 0 Å². The summed E-state index contributed by atoms with van der Waals surface area (Å²) in [6.45, 7) is 6.51. The zero-order chi connectivity index (χ0) is 7.98. The highest BCUT2D eigenvalue weighted by atomic mass is 28.3. The second-order valence-corrected chi connectivity index (χ2v) is 5.59. The minimum atomic E-state index is -1.32. The Labute approximate surface area is 66.2 Å². The van der Waals surface area contributed by atoms with Gasteiger partial charge in [0.15, 0.2) is 9.04 Å². The molecule has 0 spiro atoms. The molecule has 1 N–H and O–H groups in total. The molecule has 10 heavy (non-hydrogen) atoms. The first kappa shape index (κ1) is 10.2. The monoisotopic (exact) mass is 160 g/mol. The van der Waals surface area contributed by atoms with Crippen molar-refractivity contribution in [2.45, 2.75) is 51.6 Å². The Morgan fingerprint density at radius 2 is 1.70 bits per heavy atom. The molecule has 0 aliphatic heterocycles. The molecule has 1 unspecified atom stereocenters. The molecular weight excluding hydrogens is 140 g/mol. The van der Waals surface area contributed by atoms with Crippen LogP contribution in [0.2, 0.25) is 11.6 Å². The molecule has 0 rings (SSSR count). The van der Waals surface area contributed by atoms with Gasteiger partial charge in [-0.2, -0.15) is 0 Å². The minimum absolute atomic E-state index is 0.667. The highest BCUT2D eigenvalue weighted by Crippen LogP contribution is 2.20. The maximum atomic E-state index is 9.65. The van der Waals surface area contributed by atoms with Gasteiger partial charge < -0.3 is 4.80 Å². The lowest BCUT2D eigenvalue weighted by Crippen LogP contribution is -2.18. The number of hydrogen-bond acceptors (Lipinski definition) is 1.